The van der Waals surface area contributed by atoms with Crippen molar-refractivity contribution >= 4 is 28.0 Å². The first-order valence-corrected chi connectivity index (χ1v) is 12.9. The summed E-state index contributed by atoms with van der Waals surface area (Å²) in [6.07, 6.45) is 1.70. The molecule has 2 aromatic carbocycles. The van der Waals surface area contributed by atoms with Gasteiger partial charge in [-0.1, -0.05) is 6.07 Å². The summed E-state index contributed by atoms with van der Waals surface area (Å²) in [5, 5.41) is 0. The van der Waals surface area contributed by atoms with E-state index in [1.807, 2.05) is 52.0 Å². The minimum Gasteiger partial charge on any atom is -0.496 e. The molecule has 0 spiro atoms. The van der Waals surface area contributed by atoms with E-state index < -0.39 is 21.6 Å². The normalized spacial score (nSPS) is 13.4. The van der Waals surface area contributed by atoms with Crippen molar-refractivity contribution in [3.8, 4) is 33.9 Å². The van der Waals surface area contributed by atoms with Crippen molar-refractivity contribution in [1.29, 1.82) is 0 Å². The molecule has 0 aliphatic rings. The van der Waals surface area contributed by atoms with Crippen molar-refractivity contribution in [2.75, 3.05) is 14.2 Å². The lowest BCUT2D eigenvalue weighted by Crippen LogP contribution is -2.34. The number of hydrogen-bond acceptors (Lipinski definition) is 6. The van der Waals surface area contributed by atoms with Crippen LogP contribution in [0.4, 0.5) is 0 Å². The third-order valence-electron chi connectivity index (χ3n) is 6.02. The predicted molar refractivity (Wildman–Crippen MR) is 146 cm³/mol. The van der Waals surface area contributed by atoms with E-state index >= 15 is 0 Å². The number of amides is 1. The maximum Gasteiger partial charge on any atom is 0.248 e. The van der Waals surface area contributed by atoms with Crippen LogP contribution in [0.3, 0.4) is 0 Å². The van der Waals surface area contributed by atoms with Crippen LogP contribution >= 0.6 is 0 Å². The molecule has 2 atom stereocenters. The molecule has 4 rings (SSSR count). The van der Waals surface area contributed by atoms with Crippen molar-refractivity contribution in [1.82, 2.24) is 9.71 Å². The van der Waals surface area contributed by atoms with E-state index in [2.05, 4.69) is 9.71 Å². The molecule has 0 radical (unpaired) electrons. The van der Waals surface area contributed by atoms with E-state index in [-0.39, 0.29) is 6.04 Å². The molecule has 0 unspecified atom stereocenters. The highest BCUT2D eigenvalue weighted by Crippen LogP contribution is 2.40. The minimum atomic E-state index is -1.23. The molecule has 4 aromatic rings. The maximum absolute atomic E-state index is 12.7. The Bertz CT molecular complexity index is 1490. The number of benzene rings is 2. The number of carbonyl (C=O) groups is 1. The molecule has 3 N–H and O–H groups in total. The zero-order valence-corrected chi connectivity index (χ0v) is 22.6. The molecule has 0 saturated heterocycles. The van der Waals surface area contributed by atoms with Crippen LogP contribution in [0.1, 0.15) is 49.7 Å². The average Bonchev–Trinajstić information content (AvgIpc) is 3.31. The summed E-state index contributed by atoms with van der Waals surface area (Å²) in [4.78, 5) is 16.3. The van der Waals surface area contributed by atoms with E-state index in [0.29, 0.717) is 39.5 Å². The Morgan fingerprint density at radius 3 is 2.32 bits per heavy atom. The van der Waals surface area contributed by atoms with Crippen molar-refractivity contribution < 1.29 is 22.9 Å². The maximum atomic E-state index is 12.7. The van der Waals surface area contributed by atoms with E-state index in [9.17, 15) is 9.00 Å². The van der Waals surface area contributed by atoms with Crippen LogP contribution < -0.4 is 19.9 Å². The standard InChI is InChI=1S/C28H31N3O5S/c1-16(31-37(33)28(2,3)4)17-7-9-23(34-5)20(13-17)19-11-12-30-22-15-25(36-26(19)22)21-14-18(27(29)32)8-10-24(21)35-6/h7-16,31H,1-6H3,(H2,29,32)/t16-,37-/m1/s1. The molecule has 0 fully saturated rings. The van der Waals surface area contributed by atoms with Crippen LogP contribution in [0.5, 0.6) is 11.5 Å². The zero-order chi connectivity index (χ0) is 26.9. The van der Waals surface area contributed by atoms with Crippen molar-refractivity contribution in [3.05, 3.63) is 65.9 Å². The summed E-state index contributed by atoms with van der Waals surface area (Å²) in [5.74, 6) is 1.14. The van der Waals surface area contributed by atoms with Gasteiger partial charge in [0.2, 0.25) is 5.91 Å². The number of nitrogens with one attached hydrogen (secondary N) is 1. The quantitative estimate of drug-likeness (QED) is 0.321. The number of aromatic nitrogens is 1. The Hall–Kier alpha value is -3.69. The summed E-state index contributed by atoms with van der Waals surface area (Å²) < 4.78 is 32.9. The lowest BCUT2D eigenvalue weighted by molar-refractivity contribution is 0.100. The van der Waals surface area contributed by atoms with Gasteiger partial charge in [0.05, 0.1) is 35.5 Å². The first-order valence-electron chi connectivity index (χ1n) is 11.8. The van der Waals surface area contributed by atoms with Crippen LogP contribution in [0, 0.1) is 0 Å². The van der Waals surface area contributed by atoms with Crippen LogP contribution in [0.2, 0.25) is 0 Å². The molecule has 0 aliphatic carbocycles. The molecule has 9 heteroatoms. The number of pyridine rings is 1. The summed E-state index contributed by atoms with van der Waals surface area (Å²) in [5.41, 5.74) is 10.1. The van der Waals surface area contributed by atoms with E-state index in [1.165, 1.54) is 0 Å². The number of primary amides is 1. The van der Waals surface area contributed by atoms with Gasteiger partial charge < -0.3 is 19.6 Å². The van der Waals surface area contributed by atoms with E-state index in [4.69, 9.17) is 19.6 Å². The fraction of sp³-hybridized carbons (Fsp3) is 0.286. The molecule has 2 aromatic heterocycles. The average molecular weight is 522 g/mol. The fourth-order valence-corrected chi connectivity index (χ4v) is 4.76. The summed E-state index contributed by atoms with van der Waals surface area (Å²) in [6.45, 7) is 7.76. The number of carbonyl (C=O) groups excluding carboxylic acids is 1. The Morgan fingerprint density at radius 1 is 1.00 bits per heavy atom. The van der Waals surface area contributed by atoms with Crippen LogP contribution in [-0.2, 0) is 11.0 Å². The number of ether oxygens (including phenoxy) is 2. The van der Waals surface area contributed by atoms with Gasteiger partial charge in [0.15, 0.2) is 5.58 Å². The second kappa shape index (κ2) is 10.4. The Balaban J connectivity index is 1.82. The molecule has 0 saturated carbocycles. The second-order valence-corrected chi connectivity index (χ2v) is 11.6. The van der Waals surface area contributed by atoms with Crippen molar-refractivity contribution in [2.24, 2.45) is 5.73 Å². The molecular weight excluding hydrogens is 490 g/mol. The summed E-state index contributed by atoms with van der Waals surface area (Å²) >= 11 is 0. The predicted octanol–water partition coefficient (Wildman–Crippen LogP) is 5.39. The van der Waals surface area contributed by atoms with Gasteiger partial charge in [0.25, 0.3) is 0 Å². The van der Waals surface area contributed by atoms with Gasteiger partial charge in [-0.25, -0.2) is 8.93 Å². The topological polar surface area (TPSA) is 117 Å². The first kappa shape index (κ1) is 26.4. The largest absolute Gasteiger partial charge is 0.496 e. The Kier molecular flexibility index (Phi) is 7.38. The molecule has 37 heavy (non-hydrogen) atoms. The van der Waals surface area contributed by atoms with Gasteiger partial charge in [-0.2, -0.15) is 0 Å². The smallest absolute Gasteiger partial charge is 0.248 e. The number of rotatable bonds is 8. The monoisotopic (exact) mass is 521 g/mol. The summed E-state index contributed by atoms with van der Waals surface area (Å²) in [7, 11) is 1.93. The second-order valence-electron chi connectivity index (χ2n) is 9.64. The van der Waals surface area contributed by atoms with Gasteiger partial charge in [-0.3, -0.25) is 9.78 Å². The zero-order valence-electron chi connectivity index (χ0n) is 21.7. The molecule has 0 aliphatic heterocycles. The number of fused-ring (bicyclic) bond motifs is 1. The van der Waals surface area contributed by atoms with E-state index in [0.717, 1.165) is 16.7 Å². The van der Waals surface area contributed by atoms with Crippen LogP contribution in [-0.4, -0.2) is 34.1 Å². The highest BCUT2D eigenvalue weighted by molar-refractivity contribution is 7.84. The van der Waals surface area contributed by atoms with Gasteiger partial charge >= 0.3 is 0 Å². The highest BCUT2D eigenvalue weighted by Gasteiger charge is 2.23. The molecule has 1 amide bonds. The minimum absolute atomic E-state index is 0.171. The number of furan rings is 1. The molecule has 8 nitrogen and oxygen atoms in total. The number of nitrogens with two attached hydrogens (primary N) is 1. The third kappa shape index (κ3) is 5.38. The lowest BCUT2D eigenvalue weighted by Gasteiger charge is -2.23. The van der Waals surface area contributed by atoms with Gasteiger partial charge in [-0.05, 0) is 69.7 Å². The molecule has 194 valence electrons. The highest BCUT2D eigenvalue weighted by atomic mass is 32.2. The van der Waals surface area contributed by atoms with Crippen LogP contribution in [0.25, 0.3) is 33.6 Å². The number of hydrogen-bond donors (Lipinski definition) is 2. The van der Waals surface area contributed by atoms with Gasteiger partial charge in [-0.15, -0.1) is 0 Å². The van der Waals surface area contributed by atoms with Crippen molar-refractivity contribution in [3.63, 3.8) is 0 Å². The Morgan fingerprint density at radius 2 is 1.68 bits per heavy atom. The van der Waals surface area contributed by atoms with E-state index in [1.54, 1.807) is 44.7 Å². The molecule has 2 heterocycles. The summed E-state index contributed by atoms with van der Waals surface area (Å²) in [6, 6.07) is 14.3. The number of nitrogens with zero attached hydrogens (tertiary/aromatic N) is 1. The van der Waals surface area contributed by atoms with Gasteiger partial charge in [0, 0.05) is 35.0 Å². The third-order valence-corrected chi connectivity index (χ3v) is 7.70. The van der Waals surface area contributed by atoms with Crippen LogP contribution in [0.15, 0.2) is 59.1 Å². The van der Waals surface area contributed by atoms with Crippen molar-refractivity contribution in [2.45, 2.75) is 38.5 Å². The molecular formula is C28H31N3O5S. The fourth-order valence-electron chi connectivity index (χ4n) is 3.95. The number of methoxy groups -OCH3 is 2. The lowest BCUT2D eigenvalue weighted by atomic mass is 9.99. The molecule has 0 bridgehead atoms. The Labute approximate surface area is 218 Å². The first-order chi connectivity index (χ1) is 17.5. The van der Waals surface area contributed by atoms with Gasteiger partial charge in [0.1, 0.15) is 22.8 Å². The SMILES string of the molecule is COc1ccc(C(N)=O)cc1-c1cc2nccc(-c3cc([C@@H](C)N[S@](=O)C(C)(C)C)ccc3OC)c2o1.